The lowest BCUT2D eigenvalue weighted by molar-refractivity contribution is 0.0975. The maximum Gasteiger partial charge on any atom is 0.238 e. The lowest BCUT2D eigenvalue weighted by Gasteiger charge is -2.10. The zero-order valence-electron chi connectivity index (χ0n) is 20.1. The summed E-state index contributed by atoms with van der Waals surface area (Å²) in [6.07, 6.45) is 0.816. The average Bonchev–Trinajstić information content (AvgIpc) is 3.28. The molecule has 186 valence electrons. The first-order valence-electron chi connectivity index (χ1n) is 11.7. The number of carbonyl (C=O) groups excluding carboxylic acids is 1. The van der Waals surface area contributed by atoms with E-state index in [4.69, 9.17) is 5.14 Å². The van der Waals surface area contributed by atoms with Crippen molar-refractivity contribution in [2.75, 3.05) is 0 Å². The molecule has 5 aromatic rings. The molecule has 0 saturated carbocycles. The summed E-state index contributed by atoms with van der Waals surface area (Å²) in [4.78, 5) is 13.3. The zero-order valence-corrected chi connectivity index (χ0v) is 20.9. The summed E-state index contributed by atoms with van der Waals surface area (Å²) in [5.74, 6) is 0.169. The van der Waals surface area contributed by atoms with E-state index in [0.29, 0.717) is 24.1 Å². The number of carbonyl (C=O) groups is 1. The van der Waals surface area contributed by atoms with E-state index < -0.39 is 10.0 Å². The monoisotopic (exact) mass is 511 g/mol. The molecule has 0 aliphatic rings. The number of rotatable bonds is 7. The van der Waals surface area contributed by atoms with Crippen LogP contribution in [0, 0.1) is 6.92 Å². The molecule has 0 radical (unpaired) electrons. The Labute approximate surface area is 214 Å². The number of aromatic nitrogens is 2. The second-order valence-corrected chi connectivity index (χ2v) is 10.5. The van der Waals surface area contributed by atoms with Crippen molar-refractivity contribution >= 4 is 26.6 Å². The number of fused-ring (bicyclic) bond motifs is 1. The Morgan fingerprint density at radius 2 is 1.62 bits per heavy atom. The minimum atomic E-state index is -3.85. The number of hydrogen-bond acceptors (Lipinski definition) is 5. The van der Waals surface area contributed by atoms with Gasteiger partial charge in [0, 0.05) is 12.0 Å². The number of benzene rings is 4. The maximum absolute atomic E-state index is 13.2. The van der Waals surface area contributed by atoms with Crippen molar-refractivity contribution in [3.05, 3.63) is 108 Å². The van der Waals surface area contributed by atoms with Crippen LogP contribution < -0.4 is 5.14 Å². The summed E-state index contributed by atoms with van der Waals surface area (Å²) in [6, 6.07) is 26.7. The normalized spacial score (nSPS) is 11.6. The van der Waals surface area contributed by atoms with Crippen molar-refractivity contribution in [2.24, 2.45) is 5.14 Å². The molecule has 5 rings (SSSR count). The molecule has 0 aliphatic carbocycles. The van der Waals surface area contributed by atoms with Gasteiger partial charge in [-0.05, 0) is 71.6 Å². The highest BCUT2D eigenvalue weighted by atomic mass is 32.2. The molecule has 3 N–H and O–H groups in total. The van der Waals surface area contributed by atoms with E-state index in [9.17, 15) is 18.3 Å². The van der Waals surface area contributed by atoms with Crippen molar-refractivity contribution in [2.45, 2.75) is 24.7 Å². The SMILES string of the molecule is Cc1cc(C(=O)CCc2ccc(-c3ccccc3S(N)(=O)=O)cc2)n(-c2ccc3cc(O)ccc3c2)n1. The van der Waals surface area contributed by atoms with Gasteiger partial charge < -0.3 is 5.11 Å². The van der Waals surface area contributed by atoms with Crippen molar-refractivity contribution in [3.8, 4) is 22.6 Å². The number of nitrogens with zero attached hydrogens (tertiary/aromatic N) is 2. The number of sulfonamides is 1. The van der Waals surface area contributed by atoms with Crippen molar-refractivity contribution in [3.63, 3.8) is 0 Å². The van der Waals surface area contributed by atoms with Crippen molar-refractivity contribution in [1.82, 2.24) is 9.78 Å². The highest BCUT2D eigenvalue weighted by Gasteiger charge is 2.17. The predicted molar refractivity (Wildman–Crippen MR) is 143 cm³/mol. The summed E-state index contributed by atoms with van der Waals surface area (Å²) < 4.78 is 25.5. The van der Waals surface area contributed by atoms with Gasteiger partial charge in [0.1, 0.15) is 11.4 Å². The average molecular weight is 512 g/mol. The number of nitrogens with two attached hydrogens (primary N) is 1. The first-order chi connectivity index (χ1) is 17.7. The molecule has 0 aliphatic heterocycles. The molecule has 37 heavy (non-hydrogen) atoms. The number of primary sulfonamides is 1. The highest BCUT2D eigenvalue weighted by molar-refractivity contribution is 7.89. The fourth-order valence-corrected chi connectivity index (χ4v) is 5.20. The van der Waals surface area contributed by atoms with Gasteiger partial charge in [-0.1, -0.05) is 54.6 Å². The maximum atomic E-state index is 13.2. The van der Waals surface area contributed by atoms with Gasteiger partial charge in [-0.15, -0.1) is 0 Å². The van der Waals surface area contributed by atoms with Crippen LogP contribution in [0.25, 0.3) is 27.6 Å². The first-order valence-corrected chi connectivity index (χ1v) is 13.3. The quantitative estimate of drug-likeness (QED) is 0.293. The largest absolute Gasteiger partial charge is 0.508 e. The number of hydrogen-bond donors (Lipinski definition) is 2. The van der Waals surface area contributed by atoms with E-state index in [0.717, 1.165) is 33.3 Å². The minimum Gasteiger partial charge on any atom is -0.508 e. The fourth-order valence-electron chi connectivity index (χ4n) is 4.44. The van der Waals surface area contributed by atoms with Gasteiger partial charge >= 0.3 is 0 Å². The topological polar surface area (TPSA) is 115 Å². The number of aryl methyl sites for hydroxylation is 2. The van der Waals surface area contributed by atoms with Gasteiger partial charge in [-0.2, -0.15) is 5.10 Å². The third-order valence-corrected chi connectivity index (χ3v) is 7.24. The van der Waals surface area contributed by atoms with Gasteiger partial charge in [0.25, 0.3) is 0 Å². The Bertz CT molecular complexity index is 1740. The number of aromatic hydroxyl groups is 1. The van der Waals surface area contributed by atoms with Crippen LogP contribution in [0.1, 0.15) is 28.2 Å². The van der Waals surface area contributed by atoms with Crippen LogP contribution in [0.5, 0.6) is 5.75 Å². The summed E-state index contributed by atoms with van der Waals surface area (Å²) in [7, 11) is -3.85. The Balaban J connectivity index is 1.34. The molecule has 1 aromatic heterocycles. The van der Waals surface area contributed by atoms with Crippen LogP contribution in [-0.2, 0) is 16.4 Å². The van der Waals surface area contributed by atoms with E-state index >= 15 is 0 Å². The van der Waals surface area contributed by atoms with E-state index in [2.05, 4.69) is 5.10 Å². The molecule has 0 spiro atoms. The Kier molecular flexibility index (Phi) is 6.37. The van der Waals surface area contributed by atoms with Crippen LogP contribution in [0.4, 0.5) is 0 Å². The Morgan fingerprint density at radius 3 is 2.38 bits per heavy atom. The molecule has 0 fully saturated rings. The van der Waals surface area contributed by atoms with Crippen LogP contribution in [0.2, 0.25) is 0 Å². The van der Waals surface area contributed by atoms with E-state index in [1.165, 1.54) is 6.07 Å². The predicted octanol–water partition coefficient (Wildman–Crippen LogP) is 5.17. The minimum absolute atomic E-state index is 0.0324. The molecule has 0 unspecified atom stereocenters. The van der Waals surface area contributed by atoms with Crippen LogP contribution in [-0.4, -0.2) is 29.1 Å². The molecule has 7 nitrogen and oxygen atoms in total. The first kappa shape index (κ1) is 24.4. The zero-order chi connectivity index (χ0) is 26.2. The third-order valence-electron chi connectivity index (χ3n) is 6.27. The van der Waals surface area contributed by atoms with Gasteiger partial charge in [0.05, 0.1) is 16.3 Å². The van der Waals surface area contributed by atoms with Crippen LogP contribution in [0.15, 0.2) is 95.9 Å². The standard InChI is InChI=1S/C29H25N3O4S/c1-19-16-27(32(31-19)24-13-11-23-18-25(33)14-12-22(23)17-24)28(34)15-8-20-6-9-21(10-7-20)26-4-2-3-5-29(26)37(30,35)36/h2-7,9-14,16-18,33H,8,15H2,1H3,(H2,30,35,36). The second-order valence-electron chi connectivity index (χ2n) is 8.96. The number of ketones is 1. The summed E-state index contributed by atoms with van der Waals surface area (Å²) in [6.45, 7) is 1.85. The molecular formula is C29H25N3O4S. The summed E-state index contributed by atoms with van der Waals surface area (Å²) >= 11 is 0. The van der Waals surface area contributed by atoms with Gasteiger partial charge in [0.15, 0.2) is 5.78 Å². The third kappa shape index (κ3) is 5.16. The lowest BCUT2D eigenvalue weighted by atomic mass is 10.0. The molecule has 0 atom stereocenters. The van der Waals surface area contributed by atoms with Gasteiger partial charge in [-0.25, -0.2) is 18.2 Å². The van der Waals surface area contributed by atoms with Gasteiger partial charge in [-0.3, -0.25) is 4.79 Å². The second kappa shape index (κ2) is 9.65. The Morgan fingerprint density at radius 1 is 0.919 bits per heavy atom. The number of Topliss-reactive ketones (excluding diaryl/α,β-unsaturated/α-hetero) is 1. The fraction of sp³-hybridized carbons (Fsp3) is 0.103. The van der Waals surface area contributed by atoms with Crippen molar-refractivity contribution < 1.29 is 18.3 Å². The summed E-state index contributed by atoms with van der Waals surface area (Å²) in [5, 5.41) is 21.5. The molecule has 1 heterocycles. The number of phenolic OH excluding ortho intramolecular Hbond substituents is 1. The van der Waals surface area contributed by atoms with Crippen molar-refractivity contribution in [1.29, 1.82) is 0 Å². The van der Waals surface area contributed by atoms with Gasteiger partial charge in [0.2, 0.25) is 10.0 Å². The molecular weight excluding hydrogens is 486 g/mol. The highest BCUT2D eigenvalue weighted by Crippen LogP contribution is 2.27. The molecule has 0 bridgehead atoms. The lowest BCUT2D eigenvalue weighted by Crippen LogP contribution is -2.13. The van der Waals surface area contributed by atoms with Crippen LogP contribution >= 0.6 is 0 Å². The molecule has 0 saturated heterocycles. The summed E-state index contributed by atoms with van der Waals surface area (Å²) in [5.41, 5.74) is 4.25. The van der Waals surface area contributed by atoms with E-state index in [1.807, 2.05) is 55.5 Å². The van der Waals surface area contributed by atoms with E-state index in [1.54, 1.807) is 41.1 Å². The van der Waals surface area contributed by atoms with E-state index in [-0.39, 0.29) is 16.4 Å². The number of phenols is 1. The molecule has 8 heteroatoms. The molecule has 0 amide bonds. The molecule has 4 aromatic carbocycles. The Hall–Kier alpha value is -4.27. The van der Waals surface area contributed by atoms with Crippen LogP contribution in [0.3, 0.4) is 0 Å². The smallest absolute Gasteiger partial charge is 0.238 e.